The molecule has 232 valence electrons. The fraction of sp³-hybridized carbons (Fsp3) is 0.520. The lowest BCUT2D eigenvalue weighted by Gasteiger charge is -2.38. The molecular formula is C25H31Cl2F3N10O2Si. The molecule has 0 spiro atoms. The summed E-state index contributed by atoms with van der Waals surface area (Å²) in [5, 5.41) is 14.1. The van der Waals surface area contributed by atoms with E-state index in [1.165, 1.54) is 28.3 Å². The summed E-state index contributed by atoms with van der Waals surface area (Å²) in [4.78, 5) is 24.1. The van der Waals surface area contributed by atoms with E-state index in [0.29, 0.717) is 5.69 Å². The number of nitrogens with one attached hydrogen (secondary N) is 1. The highest BCUT2D eigenvalue weighted by molar-refractivity contribution is 6.74. The second-order valence-electron chi connectivity index (χ2n) is 12.2. The molecule has 1 N–H and O–H groups in total. The smallest absolute Gasteiger partial charge is 0.401 e. The summed E-state index contributed by atoms with van der Waals surface area (Å²) in [7, 11) is -2.06. The number of urea groups is 1. The molecule has 5 rings (SSSR count). The number of alkyl halides is 3. The number of hydrogen-bond acceptors (Lipinski definition) is 8. The average molecular weight is 660 g/mol. The second-order valence-corrected chi connectivity index (χ2v) is 17.8. The lowest BCUT2D eigenvalue weighted by molar-refractivity contribution is -0.181. The Bertz CT molecular complexity index is 1650. The average Bonchev–Trinajstić information content (AvgIpc) is 3.58. The molecule has 2 amide bonds. The number of anilines is 1. The highest BCUT2D eigenvalue weighted by atomic mass is 35.5. The maximum atomic E-state index is 14.4. The Labute approximate surface area is 256 Å². The van der Waals surface area contributed by atoms with Crippen molar-refractivity contribution in [2.75, 3.05) is 18.1 Å². The summed E-state index contributed by atoms with van der Waals surface area (Å²) < 4.78 is 50.5. The minimum atomic E-state index is -4.71. The van der Waals surface area contributed by atoms with Crippen LogP contribution in [0.25, 0.3) is 5.65 Å². The first-order valence-corrected chi connectivity index (χ1v) is 17.0. The zero-order chi connectivity index (χ0) is 31.7. The molecule has 0 saturated heterocycles. The third kappa shape index (κ3) is 5.49. The van der Waals surface area contributed by atoms with Crippen LogP contribution in [0.2, 0.25) is 23.3 Å². The number of rotatable bonds is 4. The largest absolute Gasteiger partial charge is 0.409 e. The number of amides is 2. The van der Waals surface area contributed by atoms with Gasteiger partial charge in [-0.1, -0.05) is 44.0 Å². The minimum absolute atomic E-state index is 0.0167. The number of fused-ring (bicyclic) bond motifs is 3. The lowest BCUT2D eigenvalue weighted by Crippen LogP contribution is -2.51. The van der Waals surface area contributed by atoms with Gasteiger partial charge in [-0.15, -0.1) is 9.90 Å². The molecule has 5 heterocycles. The van der Waals surface area contributed by atoms with Crippen molar-refractivity contribution in [1.29, 1.82) is 0 Å². The summed E-state index contributed by atoms with van der Waals surface area (Å²) in [6, 6.07) is 0.501. The van der Waals surface area contributed by atoms with Crippen molar-refractivity contribution in [2.24, 2.45) is 4.99 Å². The number of carbonyl (C=O) groups is 1. The zero-order valence-electron chi connectivity index (χ0n) is 24.5. The Balaban J connectivity index is 1.32. The van der Waals surface area contributed by atoms with E-state index < -0.39 is 32.5 Å². The van der Waals surface area contributed by atoms with Crippen LogP contribution >= 0.6 is 23.2 Å². The van der Waals surface area contributed by atoms with Crippen molar-refractivity contribution in [3.05, 3.63) is 46.2 Å². The topological polar surface area (TPSA) is 118 Å². The zero-order valence-corrected chi connectivity index (χ0v) is 27.0. The van der Waals surface area contributed by atoms with Crippen LogP contribution in [-0.4, -0.2) is 74.2 Å². The van der Waals surface area contributed by atoms with Gasteiger partial charge in [0.25, 0.3) is 0 Å². The van der Waals surface area contributed by atoms with Gasteiger partial charge in [-0.05, 0) is 32.0 Å². The number of hydrogen-bond donors (Lipinski definition) is 1. The van der Waals surface area contributed by atoms with Gasteiger partial charge in [0, 0.05) is 18.8 Å². The molecule has 43 heavy (non-hydrogen) atoms. The van der Waals surface area contributed by atoms with Crippen LogP contribution in [0.4, 0.5) is 23.7 Å². The Kier molecular flexibility index (Phi) is 7.59. The number of allylic oxidation sites excluding steroid dienone is 1. The van der Waals surface area contributed by atoms with Crippen molar-refractivity contribution < 1.29 is 22.4 Å². The molecule has 0 aliphatic carbocycles. The first-order valence-electron chi connectivity index (χ1n) is 13.3. The number of aliphatic imine (C=N–C) groups is 1. The van der Waals surface area contributed by atoms with Crippen LogP contribution in [-0.2, 0) is 9.84 Å². The molecule has 2 aliphatic heterocycles. The van der Waals surface area contributed by atoms with Gasteiger partial charge in [0.05, 0.1) is 29.9 Å². The molecule has 0 fully saturated rings. The maximum absolute atomic E-state index is 14.4. The van der Waals surface area contributed by atoms with Gasteiger partial charge < -0.3 is 4.43 Å². The fourth-order valence-corrected chi connectivity index (χ4v) is 6.38. The first kappa shape index (κ1) is 31.2. The Morgan fingerprint density at radius 2 is 1.88 bits per heavy atom. The van der Waals surface area contributed by atoms with Crippen molar-refractivity contribution in [2.45, 2.75) is 70.4 Å². The van der Waals surface area contributed by atoms with Crippen LogP contribution in [0.1, 0.15) is 52.1 Å². The fourth-order valence-electron chi connectivity index (χ4n) is 4.60. The predicted molar refractivity (Wildman–Crippen MR) is 157 cm³/mol. The summed E-state index contributed by atoms with van der Waals surface area (Å²) in [5.74, 6) is 0.233. The molecule has 0 radical (unpaired) electrons. The summed E-state index contributed by atoms with van der Waals surface area (Å²) in [5.41, 5.74) is 0.547. The molecule has 0 saturated carbocycles. The van der Waals surface area contributed by atoms with Gasteiger partial charge in [0.1, 0.15) is 22.8 Å². The first-order chi connectivity index (χ1) is 19.8. The Morgan fingerprint density at radius 1 is 1.19 bits per heavy atom. The maximum Gasteiger partial charge on any atom is 0.401 e. The van der Waals surface area contributed by atoms with E-state index in [0.717, 1.165) is 16.3 Å². The normalized spacial score (nSPS) is 20.3. The van der Waals surface area contributed by atoms with Crippen molar-refractivity contribution >= 4 is 54.7 Å². The monoisotopic (exact) mass is 658 g/mol. The van der Waals surface area contributed by atoms with E-state index in [9.17, 15) is 18.0 Å². The molecular weight excluding hydrogens is 628 g/mol. The quantitative estimate of drug-likeness (QED) is 0.361. The van der Waals surface area contributed by atoms with Gasteiger partial charge in [-0.2, -0.15) is 23.4 Å². The molecule has 3 aromatic heterocycles. The Morgan fingerprint density at radius 3 is 2.51 bits per heavy atom. The number of hydrazine groups is 1. The second kappa shape index (κ2) is 10.5. The molecule has 18 heteroatoms. The van der Waals surface area contributed by atoms with Crippen LogP contribution in [0.3, 0.4) is 0 Å². The standard InChI is InChI=1S/C25H31Cl2F3N10O2Si/c1-14(42-43(6,7)23(2,3)4)16-9-33-40(34-16)21-15(26)11-37(13-32-21)36-22(41)38-12-24(5,25(28,29)30)20-17(38)10-31-19-8-18(27)35-39(19)20/h8-11,14H,12-13H2,1-7H3,(H,36,41)/t14?,24-/m1/s1. The highest BCUT2D eigenvalue weighted by Gasteiger charge is 2.60. The summed E-state index contributed by atoms with van der Waals surface area (Å²) in [6.07, 6.45) is -0.851. The number of halogens is 5. The van der Waals surface area contributed by atoms with Gasteiger partial charge >= 0.3 is 12.2 Å². The van der Waals surface area contributed by atoms with Crippen LogP contribution < -0.4 is 10.3 Å². The van der Waals surface area contributed by atoms with E-state index in [2.05, 4.69) is 64.6 Å². The van der Waals surface area contributed by atoms with Gasteiger partial charge in [0.2, 0.25) is 0 Å². The summed E-state index contributed by atoms with van der Waals surface area (Å²) >= 11 is 12.4. The number of aromatic nitrogens is 6. The van der Waals surface area contributed by atoms with E-state index in [1.54, 1.807) is 6.20 Å². The molecule has 3 aromatic rings. The Hall–Kier alpha value is -3.21. The van der Waals surface area contributed by atoms with E-state index in [-0.39, 0.29) is 50.9 Å². The van der Waals surface area contributed by atoms with E-state index >= 15 is 0 Å². The molecule has 2 aliphatic rings. The van der Waals surface area contributed by atoms with Crippen LogP contribution in [0, 0.1) is 0 Å². The SMILES string of the molecule is CC(O[Si](C)(C)C(C)(C)C)c1cnn(C2=NCN(NC(=O)N3C[C@@](C)(C(F)(F)F)c4c3cnc3cc(Cl)nn43)C=C2Cl)n1. The van der Waals surface area contributed by atoms with Crippen molar-refractivity contribution in [1.82, 2.24) is 40.0 Å². The lowest BCUT2D eigenvalue weighted by atomic mass is 9.88. The van der Waals surface area contributed by atoms with E-state index in [1.807, 2.05) is 6.92 Å². The summed E-state index contributed by atoms with van der Waals surface area (Å²) in [6.45, 7) is 12.9. The predicted octanol–water partition coefficient (Wildman–Crippen LogP) is 5.62. The molecule has 0 bridgehead atoms. The number of carbonyl (C=O) groups excluding carboxylic acids is 1. The van der Waals surface area contributed by atoms with E-state index in [4.69, 9.17) is 27.6 Å². The van der Waals surface area contributed by atoms with Gasteiger partial charge in [0.15, 0.2) is 25.0 Å². The third-order valence-corrected chi connectivity index (χ3v) is 13.1. The van der Waals surface area contributed by atoms with Crippen LogP contribution in [0.15, 0.2) is 34.7 Å². The third-order valence-electron chi connectivity index (χ3n) is 8.08. The minimum Gasteiger partial charge on any atom is -0.409 e. The van der Waals surface area contributed by atoms with Crippen molar-refractivity contribution in [3.63, 3.8) is 0 Å². The number of nitrogens with zero attached hydrogens (tertiary/aromatic N) is 9. The van der Waals surface area contributed by atoms with Crippen molar-refractivity contribution in [3.8, 4) is 0 Å². The molecule has 1 unspecified atom stereocenters. The molecule has 0 aromatic carbocycles. The highest BCUT2D eigenvalue weighted by Crippen LogP contribution is 2.50. The van der Waals surface area contributed by atoms with Gasteiger partial charge in [-0.3, -0.25) is 9.91 Å². The molecule has 12 nitrogen and oxygen atoms in total. The van der Waals surface area contributed by atoms with Crippen LogP contribution in [0.5, 0.6) is 0 Å². The molecule has 2 atom stereocenters. The van der Waals surface area contributed by atoms with Gasteiger partial charge in [-0.25, -0.2) is 24.7 Å².